The number of amides is 1. The predicted octanol–water partition coefficient (Wildman–Crippen LogP) is 4.52. The number of likely N-dealkylation sites (tertiary alicyclic amines) is 1. The lowest BCUT2D eigenvalue weighted by Gasteiger charge is -2.33. The summed E-state index contributed by atoms with van der Waals surface area (Å²) >= 11 is 0. The molecule has 0 saturated carbocycles. The van der Waals surface area contributed by atoms with Gasteiger partial charge in [-0.05, 0) is 61.6 Å². The van der Waals surface area contributed by atoms with Gasteiger partial charge in [-0.2, -0.15) is 0 Å². The molecule has 1 aromatic carbocycles. The number of nitrogens with one attached hydrogen (secondary N) is 1. The highest BCUT2D eigenvalue weighted by Crippen LogP contribution is 2.44. The highest BCUT2D eigenvalue weighted by Gasteiger charge is 2.36. The van der Waals surface area contributed by atoms with Crippen molar-refractivity contribution in [2.24, 2.45) is 0 Å². The Morgan fingerprint density at radius 3 is 2.49 bits per heavy atom. The molecule has 6 rings (SSSR count). The van der Waals surface area contributed by atoms with Crippen LogP contribution in [0.25, 0.3) is 11.2 Å². The van der Waals surface area contributed by atoms with Crippen LogP contribution >= 0.6 is 0 Å². The lowest BCUT2D eigenvalue weighted by Crippen LogP contribution is -2.41. The number of aromatic nitrogens is 4. The van der Waals surface area contributed by atoms with E-state index in [9.17, 15) is 23.5 Å². The van der Waals surface area contributed by atoms with Crippen molar-refractivity contribution in [3.63, 3.8) is 0 Å². The first-order chi connectivity index (χ1) is 18.9. The minimum absolute atomic E-state index is 0.0812. The van der Waals surface area contributed by atoms with Crippen LogP contribution in [0.1, 0.15) is 66.7 Å². The summed E-state index contributed by atoms with van der Waals surface area (Å²) in [4.78, 5) is 38.8. The third-order valence-electron chi connectivity index (χ3n) is 7.75. The number of benzene rings is 1. The molecule has 1 aliphatic carbocycles. The van der Waals surface area contributed by atoms with Crippen LogP contribution in [-0.4, -0.2) is 48.7 Å². The number of hydrogen-bond acceptors (Lipinski definition) is 6. The number of aliphatic hydroxyl groups excluding tert-OH is 1. The second-order valence-electron chi connectivity index (χ2n) is 10.1. The third kappa shape index (κ3) is 4.78. The quantitative estimate of drug-likeness (QED) is 0.373. The molecule has 39 heavy (non-hydrogen) atoms. The van der Waals surface area contributed by atoms with Crippen LogP contribution < -0.4 is 5.69 Å². The first-order valence-corrected chi connectivity index (χ1v) is 13.0. The van der Waals surface area contributed by atoms with Crippen molar-refractivity contribution in [3.05, 3.63) is 93.8 Å². The molecule has 1 amide bonds. The third-order valence-corrected chi connectivity index (χ3v) is 7.75. The summed E-state index contributed by atoms with van der Waals surface area (Å²) < 4.78 is 35.5. The van der Waals surface area contributed by atoms with Gasteiger partial charge in [0.1, 0.15) is 17.7 Å². The van der Waals surface area contributed by atoms with E-state index in [4.69, 9.17) is 4.74 Å². The van der Waals surface area contributed by atoms with E-state index in [1.807, 2.05) is 6.07 Å². The number of fused-ring (bicyclic) bond motifs is 2. The van der Waals surface area contributed by atoms with Gasteiger partial charge in [0.25, 0.3) is 0 Å². The van der Waals surface area contributed by atoms with Gasteiger partial charge in [-0.1, -0.05) is 6.07 Å². The van der Waals surface area contributed by atoms with Crippen LogP contribution in [0.2, 0.25) is 0 Å². The number of hydrogen-bond donors (Lipinski definition) is 2. The average Bonchev–Trinajstić information content (AvgIpc) is 3.20. The van der Waals surface area contributed by atoms with Crippen molar-refractivity contribution in [1.29, 1.82) is 0 Å². The van der Waals surface area contributed by atoms with Crippen molar-refractivity contribution in [2.45, 2.75) is 49.9 Å². The molecule has 0 bridgehead atoms. The first-order valence-electron chi connectivity index (χ1n) is 13.0. The summed E-state index contributed by atoms with van der Waals surface area (Å²) in [7, 11) is 0. The van der Waals surface area contributed by atoms with Crippen molar-refractivity contribution >= 4 is 17.3 Å². The van der Waals surface area contributed by atoms with Crippen molar-refractivity contribution in [2.75, 3.05) is 13.1 Å². The second kappa shape index (κ2) is 10.2. The minimum atomic E-state index is -1.07. The lowest BCUT2D eigenvalue weighted by atomic mass is 9.87. The SMILES string of the molecule is O=C(OC1CCC(c2cc(F)cc(F)c2)C(O)c2cccnc21)N1CCC(n2c(=O)[nH]c3ncccc32)CC1. The molecular weight excluding hydrogens is 508 g/mol. The summed E-state index contributed by atoms with van der Waals surface area (Å²) in [5.74, 6) is -2.03. The zero-order chi connectivity index (χ0) is 27.1. The highest BCUT2D eigenvalue weighted by molar-refractivity contribution is 5.70. The number of carbonyl (C=O) groups is 1. The molecule has 2 N–H and O–H groups in total. The average molecular weight is 536 g/mol. The summed E-state index contributed by atoms with van der Waals surface area (Å²) in [5, 5.41) is 11.2. The molecule has 1 fully saturated rings. The maximum atomic E-state index is 13.9. The fraction of sp³-hybridized carbons (Fsp3) is 0.357. The Kier molecular flexibility index (Phi) is 6.59. The van der Waals surface area contributed by atoms with Crippen LogP contribution in [0.3, 0.4) is 0 Å². The summed E-state index contributed by atoms with van der Waals surface area (Å²) in [6.45, 7) is 0.803. The number of piperidine rings is 1. The van der Waals surface area contributed by atoms with Gasteiger partial charge in [0.05, 0.1) is 17.3 Å². The molecule has 9 nitrogen and oxygen atoms in total. The number of rotatable bonds is 3. The Bertz CT molecular complexity index is 1560. The van der Waals surface area contributed by atoms with Crippen molar-refractivity contribution in [1.82, 2.24) is 24.4 Å². The van der Waals surface area contributed by atoms with Crippen molar-refractivity contribution in [3.8, 4) is 0 Å². The Morgan fingerprint density at radius 2 is 1.72 bits per heavy atom. The lowest BCUT2D eigenvalue weighted by molar-refractivity contribution is 0.0471. The summed E-state index contributed by atoms with van der Waals surface area (Å²) in [5.41, 5.74) is 2.28. The standard InChI is InChI=1S/C28H27F2N5O4/c29-17-13-16(14-18(30)15-17)20-5-6-23(24-21(25(20)36)3-1-9-31-24)39-28(38)34-11-7-19(8-12-34)35-22-4-2-10-32-26(22)33-27(35)37/h1-4,9-10,13-15,19-20,23,25,36H,5-8,11-12H2,(H,32,33,37). The Balaban J connectivity index is 1.17. The molecular formula is C28H27F2N5O4. The summed E-state index contributed by atoms with van der Waals surface area (Å²) in [6.07, 6.45) is 2.68. The minimum Gasteiger partial charge on any atom is -0.440 e. The van der Waals surface area contributed by atoms with Gasteiger partial charge in [-0.25, -0.2) is 23.4 Å². The van der Waals surface area contributed by atoms with Crippen molar-refractivity contribution < 1.29 is 23.4 Å². The molecule has 2 aliphatic rings. The number of nitrogens with zero attached hydrogens (tertiary/aromatic N) is 4. The molecule has 3 unspecified atom stereocenters. The Labute approximate surface area is 222 Å². The number of aromatic amines is 1. The maximum Gasteiger partial charge on any atom is 0.410 e. The van der Waals surface area contributed by atoms with E-state index >= 15 is 0 Å². The van der Waals surface area contributed by atoms with Crippen LogP contribution in [0, 0.1) is 11.6 Å². The Hall–Kier alpha value is -4.12. The fourth-order valence-electron chi connectivity index (χ4n) is 5.87. The van der Waals surface area contributed by atoms with E-state index < -0.39 is 35.9 Å². The Morgan fingerprint density at radius 1 is 1.00 bits per heavy atom. The fourth-order valence-corrected chi connectivity index (χ4v) is 5.87. The zero-order valence-electron chi connectivity index (χ0n) is 21.0. The van der Waals surface area contributed by atoms with Gasteiger partial charge in [-0.15, -0.1) is 0 Å². The van der Waals surface area contributed by atoms with Gasteiger partial charge in [0, 0.05) is 49.1 Å². The molecule has 4 aromatic rings. The highest BCUT2D eigenvalue weighted by atomic mass is 19.1. The van der Waals surface area contributed by atoms with Gasteiger partial charge in [0.15, 0.2) is 5.65 Å². The number of carbonyl (C=O) groups excluding carboxylic acids is 1. The van der Waals surface area contributed by atoms with Gasteiger partial charge < -0.3 is 14.7 Å². The van der Waals surface area contributed by atoms with E-state index in [0.717, 1.165) is 11.6 Å². The first kappa shape index (κ1) is 25.2. The van der Waals surface area contributed by atoms with E-state index in [-0.39, 0.29) is 11.7 Å². The molecule has 1 aliphatic heterocycles. The molecule has 3 aromatic heterocycles. The number of imidazole rings is 1. The van der Waals surface area contributed by atoms with E-state index in [1.165, 1.54) is 12.1 Å². The smallest absolute Gasteiger partial charge is 0.410 e. The van der Waals surface area contributed by atoms with Crippen LogP contribution in [0.5, 0.6) is 0 Å². The summed E-state index contributed by atoms with van der Waals surface area (Å²) in [6, 6.07) is 10.1. The predicted molar refractivity (Wildman–Crippen MR) is 137 cm³/mol. The molecule has 11 heteroatoms. The second-order valence-corrected chi connectivity index (χ2v) is 10.1. The van der Waals surface area contributed by atoms with E-state index in [1.54, 1.807) is 40.1 Å². The molecule has 202 valence electrons. The van der Waals surface area contributed by atoms with Crippen LogP contribution in [0.15, 0.2) is 59.7 Å². The van der Waals surface area contributed by atoms with Crippen LogP contribution in [0.4, 0.5) is 13.6 Å². The zero-order valence-corrected chi connectivity index (χ0v) is 21.0. The maximum absolute atomic E-state index is 13.9. The molecule has 3 atom stereocenters. The number of halogens is 2. The molecule has 0 spiro atoms. The molecule has 0 radical (unpaired) electrons. The van der Waals surface area contributed by atoms with E-state index in [2.05, 4.69) is 15.0 Å². The van der Waals surface area contributed by atoms with Gasteiger partial charge in [0.2, 0.25) is 0 Å². The topological polar surface area (TPSA) is 113 Å². The van der Waals surface area contributed by atoms with Gasteiger partial charge in [-0.3, -0.25) is 14.5 Å². The normalized spacial score (nSPS) is 21.9. The number of H-pyrrole nitrogens is 1. The van der Waals surface area contributed by atoms with E-state index in [0.29, 0.717) is 61.2 Å². The van der Waals surface area contributed by atoms with Crippen LogP contribution in [-0.2, 0) is 4.74 Å². The van der Waals surface area contributed by atoms with Gasteiger partial charge >= 0.3 is 11.8 Å². The number of ether oxygens (including phenoxy) is 1. The number of pyridine rings is 2. The molecule has 1 saturated heterocycles. The monoisotopic (exact) mass is 535 g/mol. The number of aliphatic hydroxyl groups is 1. The largest absolute Gasteiger partial charge is 0.440 e. The molecule has 4 heterocycles.